The molecule has 2 rings (SSSR count). The van der Waals surface area contributed by atoms with Gasteiger partial charge in [-0.2, -0.15) is 0 Å². The predicted octanol–water partition coefficient (Wildman–Crippen LogP) is -0.178. The molecular formula is C14H12IO2-. The van der Waals surface area contributed by atoms with Crippen molar-refractivity contribution in [3.8, 4) is 0 Å². The summed E-state index contributed by atoms with van der Waals surface area (Å²) in [6, 6.07) is 15.4. The number of carbonyl (C=O) groups is 1. The van der Waals surface area contributed by atoms with Crippen molar-refractivity contribution in [2.45, 2.75) is 6.92 Å². The predicted molar refractivity (Wildman–Crippen MR) is 62.0 cm³/mol. The van der Waals surface area contributed by atoms with Crippen LogP contribution in [0.15, 0.2) is 48.5 Å². The van der Waals surface area contributed by atoms with Crippen molar-refractivity contribution < 1.29 is 31.1 Å². The Balaban J connectivity index is 2.37. The molecule has 0 saturated carbocycles. The second-order valence-corrected chi connectivity index (χ2v) is 6.49. The van der Waals surface area contributed by atoms with Gasteiger partial charge in [0.25, 0.3) is 0 Å². The van der Waals surface area contributed by atoms with E-state index in [0.29, 0.717) is 5.56 Å². The summed E-state index contributed by atoms with van der Waals surface area (Å²) in [6.45, 7) is 2.07. The Morgan fingerprint density at radius 1 is 1.00 bits per heavy atom. The Morgan fingerprint density at radius 2 is 1.59 bits per heavy atom. The Bertz CT molecular complexity index is 549. The molecule has 0 unspecified atom stereocenters. The number of halogens is 1. The molecule has 0 bridgehead atoms. The molecule has 0 amide bonds. The van der Waals surface area contributed by atoms with Gasteiger partial charge in [0.05, 0.1) is 0 Å². The first kappa shape index (κ1) is 12.1. The monoisotopic (exact) mass is 339 g/mol. The van der Waals surface area contributed by atoms with E-state index in [2.05, 4.69) is 19.1 Å². The fourth-order valence-electron chi connectivity index (χ4n) is 1.48. The van der Waals surface area contributed by atoms with Crippen molar-refractivity contribution in [2.75, 3.05) is 0 Å². The summed E-state index contributed by atoms with van der Waals surface area (Å²) in [5.41, 5.74) is 1.67. The van der Waals surface area contributed by atoms with Crippen LogP contribution in [0.5, 0.6) is 0 Å². The second-order valence-electron chi connectivity index (χ2n) is 3.63. The van der Waals surface area contributed by atoms with Gasteiger partial charge < -0.3 is 0 Å². The number of carboxylic acids is 1. The molecule has 0 aliphatic carbocycles. The summed E-state index contributed by atoms with van der Waals surface area (Å²) in [5, 5.41) is 9.13. The van der Waals surface area contributed by atoms with Crippen LogP contribution in [0.2, 0.25) is 0 Å². The van der Waals surface area contributed by atoms with E-state index in [1.807, 2.05) is 24.3 Å². The molecule has 0 aromatic heterocycles. The molecule has 0 atom stereocenters. The third kappa shape index (κ3) is 2.85. The summed E-state index contributed by atoms with van der Waals surface area (Å²) in [4.78, 5) is 11.1. The van der Waals surface area contributed by atoms with Gasteiger partial charge in [-0.3, -0.25) is 0 Å². The van der Waals surface area contributed by atoms with Crippen LogP contribution in [0, 0.1) is 14.1 Å². The Kier molecular flexibility index (Phi) is 3.78. The van der Waals surface area contributed by atoms with Crippen LogP contribution in [0.3, 0.4) is 0 Å². The molecular weight excluding hydrogens is 327 g/mol. The zero-order chi connectivity index (χ0) is 12.3. The van der Waals surface area contributed by atoms with Gasteiger partial charge in [0.15, 0.2) is 0 Å². The fourth-order valence-corrected chi connectivity index (χ4v) is 4.19. The summed E-state index contributed by atoms with van der Waals surface area (Å²) < 4.78 is 2.24. The molecule has 0 aliphatic rings. The number of aryl methyl sites for hydroxylation is 1. The van der Waals surface area contributed by atoms with Gasteiger partial charge in [-0.1, -0.05) is 0 Å². The van der Waals surface area contributed by atoms with E-state index in [-0.39, 0.29) is 0 Å². The molecule has 88 valence electrons. The summed E-state index contributed by atoms with van der Waals surface area (Å²) in [6.07, 6.45) is 0. The van der Waals surface area contributed by atoms with E-state index in [4.69, 9.17) is 5.11 Å². The molecule has 1 N–H and O–H groups in total. The Morgan fingerprint density at radius 3 is 2.24 bits per heavy atom. The van der Waals surface area contributed by atoms with Gasteiger partial charge in [0.1, 0.15) is 0 Å². The van der Waals surface area contributed by atoms with E-state index in [0.717, 1.165) is 3.57 Å². The Labute approximate surface area is 111 Å². The number of aromatic carboxylic acids is 1. The van der Waals surface area contributed by atoms with Crippen molar-refractivity contribution in [1.82, 2.24) is 0 Å². The quantitative estimate of drug-likeness (QED) is 0.788. The molecule has 0 saturated heterocycles. The summed E-state index contributed by atoms with van der Waals surface area (Å²) in [7, 11) is 0. The molecule has 17 heavy (non-hydrogen) atoms. The van der Waals surface area contributed by atoms with E-state index >= 15 is 0 Å². The first-order valence-corrected chi connectivity index (χ1v) is 7.37. The topological polar surface area (TPSA) is 37.3 Å². The fraction of sp³-hybridized carbons (Fsp3) is 0.0714. The average Bonchev–Trinajstić information content (AvgIpc) is 2.32. The molecule has 0 fully saturated rings. The van der Waals surface area contributed by atoms with Crippen molar-refractivity contribution in [1.29, 1.82) is 0 Å². The summed E-state index contributed by atoms with van der Waals surface area (Å²) in [5.74, 6) is -0.839. The first-order chi connectivity index (χ1) is 8.18. The SMILES string of the molecule is Cc1ccccc1[I-]c1ccccc1C(=O)O. The third-order valence-corrected chi connectivity index (χ3v) is 5.70. The molecule has 2 nitrogen and oxygen atoms in total. The van der Waals surface area contributed by atoms with Crippen molar-refractivity contribution >= 4 is 5.97 Å². The molecule has 0 heterocycles. The van der Waals surface area contributed by atoms with Crippen LogP contribution >= 0.6 is 0 Å². The van der Waals surface area contributed by atoms with Crippen LogP contribution in [0.4, 0.5) is 0 Å². The van der Waals surface area contributed by atoms with Crippen LogP contribution in [0.25, 0.3) is 0 Å². The van der Waals surface area contributed by atoms with Crippen molar-refractivity contribution in [3.05, 3.63) is 66.8 Å². The number of hydrogen-bond acceptors (Lipinski definition) is 1. The van der Waals surface area contributed by atoms with Gasteiger partial charge >= 0.3 is 111 Å². The van der Waals surface area contributed by atoms with Crippen LogP contribution in [-0.4, -0.2) is 11.1 Å². The van der Waals surface area contributed by atoms with Gasteiger partial charge in [0.2, 0.25) is 0 Å². The molecule has 3 heteroatoms. The van der Waals surface area contributed by atoms with Crippen LogP contribution in [-0.2, 0) is 0 Å². The normalized spacial score (nSPS) is 10.4. The first-order valence-electron chi connectivity index (χ1n) is 5.21. The number of hydrogen-bond donors (Lipinski definition) is 1. The zero-order valence-electron chi connectivity index (χ0n) is 9.35. The van der Waals surface area contributed by atoms with E-state index in [1.54, 1.807) is 12.1 Å². The molecule has 2 aromatic rings. The Hall–Kier alpha value is -1.36. The number of rotatable bonds is 3. The standard InChI is InChI=1S/C14H12IO2/c1-10-6-2-4-8-12(10)15-13-9-5-3-7-11(13)14(16)17/h2-9H,1H3,(H,16,17)/q-1. The maximum atomic E-state index is 11.1. The third-order valence-electron chi connectivity index (χ3n) is 2.38. The number of benzene rings is 2. The maximum absolute atomic E-state index is 11.1. The molecule has 0 aliphatic heterocycles. The molecule has 2 aromatic carbocycles. The van der Waals surface area contributed by atoms with Crippen molar-refractivity contribution in [3.63, 3.8) is 0 Å². The van der Waals surface area contributed by atoms with Crippen LogP contribution in [0.1, 0.15) is 15.9 Å². The van der Waals surface area contributed by atoms with Gasteiger partial charge in [-0.15, -0.1) is 0 Å². The van der Waals surface area contributed by atoms with Crippen molar-refractivity contribution in [2.24, 2.45) is 0 Å². The molecule has 0 radical (unpaired) electrons. The number of carboxylic acid groups (broad SMARTS) is 1. The van der Waals surface area contributed by atoms with E-state index in [9.17, 15) is 4.79 Å². The minimum absolute atomic E-state index is 0.429. The van der Waals surface area contributed by atoms with E-state index in [1.165, 1.54) is 9.13 Å². The molecule has 0 spiro atoms. The van der Waals surface area contributed by atoms with Gasteiger partial charge in [-0.05, 0) is 0 Å². The van der Waals surface area contributed by atoms with Crippen LogP contribution < -0.4 is 21.2 Å². The second kappa shape index (κ2) is 5.31. The average molecular weight is 339 g/mol. The van der Waals surface area contributed by atoms with Gasteiger partial charge in [0, 0.05) is 0 Å². The summed E-state index contributed by atoms with van der Waals surface area (Å²) >= 11 is -0.429. The zero-order valence-corrected chi connectivity index (χ0v) is 11.5. The minimum atomic E-state index is -0.839. The van der Waals surface area contributed by atoms with Gasteiger partial charge in [-0.25, -0.2) is 0 Å². The van der Waals surface area contributed by atoms with E-state index < -0.39 is 27.2 Å².